The lowest BCUT2D eigenvalue weighted by Gasteiger charge is -2.24. The van der Waals surface area contributed by atoms with E-state index in [1.54, 1.807) is 43.2 Å². The Morgan fingerprint density at radius 1 is 1.36 bits per heavy atom. The van der Waals surface area contributed by atoms with E-state index >= 15 is 4.39 Å². The molecule has 36 heavy (non-hydrogen) atoms. The molecular formula is C28H32FN5O2. The lowest BCUT2D eigenvalue weighted by atomic mass is 9.84. The molecule has 3 rings (SSSR count). The van der Waals surface area contributed by atoms with Crippen molar-refractivity contribution in [2.45, 2.75) is 53.1 Å². The van der Waals surface area contributed by atoms with Gasteiger partial charge in [-0.1, -0.05) is 46.4 Å². The number of halogens is 1. The monoisotopic (exact) mass is 489 g/mol. The van der Waals surface area contributed by atoms with Gasteiger partial charge >= 0.3 is 0 Å². The molecule has 3 aromatic rings. The molecule has 0 aliphatic rings. The van der Waals surface area contributed by atoms with E-state index in [1.807, 2.05) is 27.7 Å². The van der Waals surface area contributed by atoms with E-state index in [2.05, 4.69) is 22.7 Å². The van der Waals surface area contributed by atoms with Crippen LogP contribution in [0.4, 0.5) is 10.2 Å². The minimum absolute atomic E-state index is 0.0742. The summed E-state index contributed by atoms with van der Waals surface area (Å²) in [5.41, 5.74) is 3.05. The number of carbonyl (C=O) groups is 1. The molecule has 0 bridgehead atoms. The molecule has 2 heterocycles. The molecule has 188 valence electrons. The number of hydrogen-bond donors (Lipinski definition) is 0. The first kappa shape index (κ1) is 26.8. The molecule has 1 aromatic carbocycles. The Morgan fingerprint density at radius 3 is 2.67 bits per heavy atom. The minimum atomic E-state index is -0.615. The smallest absolute Gasteiger partial charge is 0.262 e. The Bertz CT molecular complexity index is 1330. The Morgan fingerprint density at radius 2 is 2.08 bits per heavy atom. The van der Waals surface area contributed by atoms with E-state index in [0.29, 0.717) is 40.5 Å². The van der Waals surface area contributed by atoms with Gasteiger partial charge in [-0.2, -0.15) is 10.4 Å². The van der Waals surface area contributed by atoms with E-state index < -0.39 is 11.7 Å². The number of nitriles is 1. The van der Waals surface area contributed by atoms with Gasteiger partial charge in [0, 0.05) is 31.6 Å². The molecule has 2 aromatic heterocycles. The Hall–Kier alpha value is -3.83. The summed E-state index contributed by atoms with van der Waals surface area (Å²) in [6, 6.07) is 7.06. The third kappa shape index (κ3) is 5.37. The van der Waals surface area contributed by atoms with Crippen molar-refractivity contribution in [2.24, 2.45) is 0 Å². The lowest BCUT2D eigenvalue weighted by Crippen LogP contribution is -2.30. The summed E-state index contributed by atoms with van der Waals surface area (Å²) < 4.78 is 22.7. The van der Waals surface area contributed by atoms with Crippen LogP contribution in [0, 0.1) is 24.1 Å². The van der Waals surface area contributed by atoms with Crippen LogP contribution < -0.4 is 4.90 Å². The van der Waals surface area contributed by atoms with Crippen molar-refractivity contribution in [1.29, 1.82) is 5.26 Å². The van der Waals surface area contributed by atoms with E-state index in [9.17, 15) is 10.1 Å². The summed E-state index contributed by atoms with van der Waals surface area (Å²) in [5.74, 6) is -0.858. The second-order valence-electron chi connectivity index (χ2n) is 9.61. The van der Waals surface area contributed by atoms with Gasteiger partial charge in [0.15, 0.2) is 0 Å². The third-order valence-corrected chi connectivity index (χ3v) is 5.91. The van der Waals surface area contributed by atoms with E-state index in [4.69, 9.17) is 4.74 Å². The number of amides is 1. The number of rotatable bonds is 8. The maximum atomic E-state index is 15.3. The van der Waals surface area contributed by atoms with Crippen LogP contribution in [0.5, 0.6) is 0 Å². The number of pyridine rings is 1. The van der Waals surface area contributed by atoms with Gasteiger partial charge in [0.1, 0.15) is 17.7 Å². The molecule has 7 nitrogen and oxygen atoms in total. The molecule has 0 N–H and O–H groups in total. The van der Waals surface area contributed by atoms with Crippen LogP contribution in [-0.2, 0) is 16.8 Å². The molecule has 0 aliphatic heterocycles. The third-order valence-electron chi connectivity index (χ3n) is 5.91. The molecule has 0 atom stereocenters. The zero-order valence-electron chi connectivity index (χ0n) is 21.7. The van der Waals surface area contributed by atoms with Gasteiger partial charge in [-0.05, 0) is 42.0 Å². The zero-order valence-corrected chi connectivity index (χ0v) is 21.7. The summed E-state index contributed by atoms with van der Waals surface area (Å²) in [6.07, 6.45) is 5.48. The van der Waals surface area contributed by atoms with Gasteiger partial charge in [-0.25, -0.2) is 14.1 Å². The van der Waals surface area contributed by atoms with Gasteiger partial charge in [0.2, 0.25) is 0 Å². The average molecular weight is 490 g/mol. The molecular weight excluding hydrogens is 457 g/mol. The number of ether oxygens (including phenoxy) is 1. The van der Waals surface area contributed by atoms with Gasteiger partial charge in [-0.3, -0.25) is 9.69 Å². The van der Waals surface area contributed by atoms with Crippen molar-refractivity contribution >= 4 is 17.8 Å². The van der Waals surface area contributed by atoms with Crippen molar-refractivity contribution in [3.63, 3.8) is 0 Å². The summed E-state index contributed by atoms with van der Waals surface area (Å²) in [5, 5.41) is 13.8. The number of carbonyl (C=O) groups excluding carboxylic acids is 1. The first-order chi connectivity index (χ1) is 17.0. The van der Waals surface area contributed by atoms with Crippen molar-refractivity contribution < 1.29 is 13.9 Å². The maximum absolute atomic E-state index is 15.3. The second-order valence-corrected chi connectivity index (χ2v) is 9.61. The molecule has 0 unspecified atom stereocenters. The van der Waals surface area contributed by atoms with Gasteiger partial charge < -0.3 is 4.74 Å². The fraction of sp³-hybridized carbons (Fsp3) is 0.357. The van der Waals surface area contributed by atoms with Crippen LogP contribution in [-0.4, -0.2) is 34.3 Å². The highest BCUT2D eigenvalue weighted by Gasteiger charge is 2.27. The van der Waals surface area contributed by atoms with Gasteiger partial charge in [0.05, 0.1) is 29.1 Å². The van der Waals surface area contributed by atoms with Crippen LogP contribution in [0.1, 0.15) is 72.4 Å². The summed E-state index contributed by atoms with van der Waals surface area (Å²) >= 11 is 0. The number of anilines is 1. The Kier molecular flexibility index (Phi) is 8.06. The minimum Gasteiger partial charge on any atom is -0.377 e. The second kappa shape index (κ2) is 10.8. The molecule has 0 aliphatic carbocycles. The summed E-state index contributed by atoms with van der Waals surface area (Å²) in [4.78, 5) is 19.4. The number of nitrogens with zero attached hydrogens (tertiary/aromatic N) is 5. The SMILES string of the molecule is C=Cc1cc(C(C)(C)C)cc(F)c1C(=O)N(C)c1nccc(-n2cc(C#N)c(C)n2)c1COCCC. The molecule has 1 amide bonds. The molecule has 0 radical (unpaired) electrons. The normalized spacial score (nSPS) is 11.3. The van der Waals surface area contributed by atoms with E-state index in [-0.39, 0.29) is 17.6 Å². The fourth-order valence-electron chi connectivity index (χ4n) is 3.84. The predicted molar refractivity (Wildman–Crippen MR) is 139 cm³/mol. The quantitative estimate of drug-likeness (QED) is 0.377. The van der Waals surface area contributed by atoms with Crippen molar-refractivity contribution in [1.82, 2.24) is 14.8 Å². The summed E-state index contributed by atoms with van der Waals surface area (Å²) in [7, 11) is 1.55. The average Bonchev–Trinajstić information content (AvgIpc) is 3.22. The highest BCUT2D eigenvalue weighted by atomic mass is 19.1. The number of aryl methyl sites for hydroxylation is 1. The van der Waals surface area contributed by atoms with Gasteiger partial charge in [0.25, 0.3) is 5.91 Å². The molecule has 0 spiro atoms. The number of hydrogen-bond acceptors (Lipinski definition) is 5. The predicted octanol–water partition coefficient (Wildman–Crippen LogP) is 5.73. The van der Waals surface area contributed by atoms with Crippen LogP contribution in [0.15, 0.2) is 37.2 Å². The fourth-order valence-corrected chi connectivity index (χ4v) is 3.84. The van der Waals surface area contributed by atoms with Crippen LogP contribution in [0.25, 0.3) is 11.8 Å². The Labute approximate surface area is 211 Å². The molecule has 0 saturated carbocycles. The lowest BCUT2D eigenvalue weighted by molar-refractivity contribution is 0.0986. The van der Waals surface area contributed by atoms with E-state index in [0.717, 1.165) is 12.0 Å². The van der Waals surface area contributed by atoms with Gasteiger partial charge in [-0.15, -0.1) is 0 Å². The van der Waals surface area contributed by atoms with Crippen LogP contribution in [0.3, 0.4) is 0 Å². The molecule has 0 saturated heterocycles. The molecule has 0 fully saturated rings. The number of aromatic nitrogens is 3. The van der Waals surface area contributed by atoms with Crippen molar-refractivity contribution in [3.05, 3.63) is 76.5 Å². The molecule has 8 heteroatoms. The van der Waals surface area contributed by atoms with Crippen molar-refractivity contribution in [2.75, 3.05) is 18.6 Å². The largest absolute Gasteiger partial charge is 0.377 e. The highest BCUT2D eigenvalue weighted by molar-refractivity contribution is 6.08. The topological polar surface area (TPSA) is 84.0 Å². The first-order valence-electron chi connectivity index (χ1n) is 11.8. The maximum Gasteiger partial charge on any atom is 0.262 e. The number of benzene rings is 1. The van der Waals surface area contributed by atoms with Crippen LogP contribution >= 0.6 is 0 Å². The highest BCUT2D eigenvalue weighted by Crippen LogP contribution is 2.31. The van der Waals surface area contributed by atoms with E-state index in [1.165, 1.54) is 17.0 Å². The van der Waals surface area contributed by atoms with Crippen LogP contribution in [0.2, 0.25) is 0 Å². The zero-order chi connectivity index (χ0) is 26.6. The van der Waals surface area contributed by atoms with Crippen molar-refractivity contribution in [3.8, 4) is 11.8 Å². The first-order valence-corrected chi connectivity index (χ1v) is 11.8. The standard InChI is InChI=1S/C28H32FN5O2/c1-8-12-36-17-22-24(34-16-20(15-30)18(3)32-34)10-11-31-26(22)33(7)27(35)25-19(9-2)13-21(14-23(25)29)28(4,5)6/h9-11,13-14,16H,2,8,12,17H2,1,3-7H3. The summed E-state index contributed by atoms with van der Waals surface area (Å²) in [6.45, 7) is 14.2. The Balaban J connectivity index is 2.13.